The fourth-order valence-corrected chi connectivity index (χ4v) is 4.40. The number of imidazole rings is 1. The van der Waals surface area contributed by atoms with Crippen molar-refractivity contribution in [3.05, 3.63) is 58.9 Å². The van der Waals surface area contributed by atoms with E-state index in [0.29, 0.717) is 28.9 Å². The lowest BCUT2D eigenvalue weighted by atomic mass is 10.1. The van der Waals surface area contributed by atoms with Crippen LogP contribution in [-0.2, 0) is 10.0 Å². The third kappa shape index (κ3) is 4.80. The smallest absolute Gasteiger partial charge is 0.240 e. The number of rotatable bonds is 7. The molecule has 2 aromatic heterocycles. The second-order valence-corrected chi connectivity index (χ2v) is 8.76. The van der Waals surface area contributed by atoms with Gasteiger partial charge in [-0.25, -0.2) is 28.1 Å². The van der Waals surface area contributed by atoms with Gasteiger partial charge in [0.1, 0.15) is 23.3 Å². The third-order valence-electron chi connectivity index (χ3n) is 4.70. The van der Waals surface area contributed by atoms with Crippen molar-refractivity contribution >= 4 is 15.8 Å². The van der Waals surface area contributed by atoms with Crippen molar-refractivity contribution in [3.8, 4) is 5.82 Å². The highest BCUT2D eigenvalue weighted by molar-refractivity contribution is 7.89. The molecule has 154 valence electrons. The van der Waals surface area contributed by atoms with Crippen LogP contribution in [0, 0.1) is 34.6 Å². The van der Waals surface area contributed by atoms with Crippen molar-refractivity contribution in [2.75, 3.05) is 18.4 Å². The minimum atomic E-state index is -3.58. The minimum Gasteiger partial charge on any atom is -0.369 e. The molecule has 1 aromatic carbocycles. The number of hydrogen-bond donors (Lipinski definition) is 2. The largest absolute Gasteiger partial charge is 0.369 e. The summed E-state index contributed by atoms with van der Waals surface area (Å²) in [5.74, 6) is 2.78. The number of benzene rings is 1. The Labute approximate surface area is 171 Å². The van der Waals surface area contributed by atoms with Crippen LogP contribution in [0.15, 0.2) is 35.5 Å². The van der Waals surface area contributed by atoms with E-state index in [0.717, 1.165) is 22.5 Å². The fourth-order valence-electron chi connectivity index (χ4n) is 3.06. The Kier molecular flexibility index (Phi) is 5.99. The molecule has 2 heterocycles. The van der Waals surface area contributed by atoms with Crippen molar-refractivity contribution < 1.29 is 8.42 Å². The van der Waals surface area contributed by atoms with E-state index in [2.05, 4.69) is 25.0 Å². The van der Waals surface area contributed by atoms with Crippen LogP contribution in [0.1, 0.15) is 28.3 Å². The van der Waals surface area contributed by atoms with E-state index in [1.54, 1.807) is 12.3 Å². The minimum absolute atomic E-state index is 0.233. The first kappa shape index (κ1) is 20.9. The summed E-state index contributed by atoms with van der Waals surface area (Å²) in [6.07, 6.45) is 3.55. The standard InChI is InChI=1S/C20H26N6O2S/c1-13-10-15(3)18(11-14(13)2)29(27,28)23-7-6-22-19-12-20(25-16(4)24-19)26-9-8-21-17(26)5/h8-12,23H,6-7H2,1-5H3,(H,22,24,25). The lowest BCUT2D eigenvalue weighted by Crippen LogP contribution is -2.29. The first-order chi connectivity index (χ1) is 13.7. The Balaban J connectivity index is 1.66. The van der Waals surface area contributed by atoms with Crippen LogP contribution in [-0.4, -0.2) is 41.0 Å². The highest BCUT2D eigenvalue weighted by atomic mass is 32.2. The molecule has 0 amide bonds. The van der Waals surface area contributed by atoms with E-state index >= 15 is 0 Å². The lowest BCUT2D eigenvalue weighted by Gasteiger charge is -2.13. The van der Waals surface area contributed by atoms with E-state index in [-0.39, 0.29) is 6.54 Å². The van der Waals surface area contributed by atoms with Crippen molar-refractivity contribution in [1.29, 1.82) is 0 Å². The highest BCUT2D eigenvalue weighted by Gasteiger charge is 2.17. The average Bonchev–Trinajstić information content (AvgIpc) is 3.07. The van der Waals surface area contributed by atoms with Crippen molar-refractivity contribution in [2.24, 2.45) is 0 Å². The Hall–Kier alpha value is -2.78. The summed E-state index contributed by atoms with van der Waals surface area (Å²) < 4.78 is 29.8. The molecular weight excluding hydrogens is 388 g/mol. The SMILES string of the molecule is Cc1nc(NCCNS(=O)(=O)c2cc(C)c(C)cc2C)cc(-n2ccnc2C)n1. The molecule has 29 heavy (non-hydrogen) atoms. The predicted molar refractivity (Wildman–Crippen MR) is 113 cm³/mol. The van der Waals surface area contributed by atoms with Gasteiger partial charge in [0.15, 0.2) is 0 Å². The van der Waals surface area contributed by atoms with Crippen molar-refractivity contribution in [3.63, 3.8) is 0 Å². The number of nitrogens with zero attached hydrogens (tertiary/aromatic N) is 4. The summed E-state index contributed by atoms with van der Waals surface area (Å²) in [5.41, 5.74) is 2.76. The van der Waals surface area contributed by atoms with E-state index in [4.69, 9.17) is 0 Å². The highest BCUT2D eigenvalue weighted by Crippen LogP contribution is 2.19. The molecule has 9 heteroatoms. The molecule has 0 spiro atoms. The van der Waals surface area contributed by atoms with E-state index < -0.39 is 10.0 Å². The summed E-state index contributed by atoms with van der Waals surface area (Å²) in [6, 6.07) is 5.42. The Morgan fingerprint density at radius 2 is 1.66 bits per heavy atom. The molecule has 0 atom stereocenters. The van der Waals surface area contributed by atoms with Crippen LogP contribution in [0.4, 0.5) is 5.82 Å². The zero-order valence-electron chi connectivity index (χ0n) is 17.3. The maximum absolute atomic E-state index is 12.7. The van der Waals surface area contributed by atoms with Gasteiger partial charge in [-0.3, -0.25) is 4.57 Å². The predicted octanol–water partition coefficient (Wildman–Crippen LogP) is 2.59. The Bertz CT molecular complexity index is 1140. The average molecular weight is 415 g/mol. The van der Waals surface area contributed by atoms with Gasteiger partial charge in [0, 0.05) is 31.5 Å². The molecule has 3 aromatic rings. The van der Waals surface area contributed by atoms with Gasteiger partial charge in [-0.15, -0.1) is 0 Å². The first-order valence-electron chi connectivity index (χ1n) is 9.35. The lowest BCUT2D eigenvalue weighted by molar-refractivity contribution is 0.582. The summed E-state index contributed by atoms with van der Waals surface area (Å²) in [4.78, 5) is 13.3. The van der Waals surface area contributed by atoms with Crippen LogP contribution in [0.2, 0.25) is 0 Å². The molecule has 2 N–H and O–H groups in total. The van der Waals surface area contributed by atoms with Gasteiger partial charge < -0.3 is 5.32 Å². The molecule has 0 fully saturated rings. The van der Waals surface area contributed by atoms with Crippen molar-refractivity contribution in [2.45, 2.75) is 39.5 Å². The molecule has 3 rings (SSSR count). The molecule has 8 nitrogen and oxygen atoms in total. The Morgan fingerprint density at radius 1 is 0.931 bits per heavy atom. The summed E-state index contributed by atoms with van der Waals surface area (Å²) in [5, 5.41) is 3.15. The van der Waals surface area contributed by atoms with Gasteiger partial charge in [0.25, 0.3) is 0 Å². The topological polar surface area (TPSA) is 102 Å². The van der Waals surface area contributed by atoms with Crippen molar-refractivity contribution in [1.82, 2.24) is 24.2 Å². The quantitative estimate of drug-likeness (QED) is 0.576. The number of aryl methyl sites for hydroxylation is 5. The van der Waals surface area contributed by atoms with Gasteiger partial charge in [0.05, 0.1) is 4.90 Å². The molecule has 0 unspecified atom stereocenters. The van der Waals surface area contributed by atoms with Gasteiger partial charge >= 0.3 is 0 Å². The number of aromatic nitrogens is 4. The van der Waals surface area contributed by atoms with Gasteiger partial charge in [0.2, 0.25) is 10.0 Å². The molecule has 0 saturated carbocycles. The van der Waals surface area contributed by atoms with E-state index in [1.807, 2.05) is 57.5 Å². The molecule has 0 aliphatic rings. The number of hydrogen-bond acceptors (Lipinski definition) is 6. The fraction of sp³-hybridized carbons (Fsp3) is 0.350. The van der Waals surface area contributed by atoms with Gasteiger partial charge in [-0.2, -0.15) is 0 Å². The zero-order chi connectivity index (χ0) is 21.2. The maximum atomic E-state index is 12.7. The van der Waals surface area contributed by atoms with Gasteiger partial charge in [-0.1, -0.05) is 6.07 Å². The van der Waals surface area contributed by atoms with E-state index in [1.165, 1.54) is 0 Å². The van der Waals surface area contributed by atoms with Crippen LogP contribution in [0.25, 0.3) is 5.82 Å². The third-order valence-corrected chi connectivity index (χ3v) is 6.30. The molecule has 0 aliphatic carbocycles. The van der Waals surface area contributed by atoms with Crippen LogP contribution in [0.5, 0.6) is 0 Å². The maximum Gasteiger partial charge on any atom is 0.240 e. The van der Waals surface area contributed by atoms with E-state index in [9.17, 15) is 8.42 Å². The van der Waals surface area contributed by atoms with Crippen LogP contribution in [0.3, 0.4) is 0 Å². The summed E-state index contributed by atoms with van der Waals surface area (Å²) >= 11 is 0. The molecular formula is C20H26N6O2S. The van der Waals surface area contributed by atoms with Crippen LogP contribution < -0.4 is 10.0 Å². The zero-order valence-corrected chi connectivity index (χ0v) is 18.1. The second kappa shape index (κ2) is 8.30. The number of anilines is 1. The normalized spacial score (nSPS) is 11.6. The van der Waals surface area contributed by atoms with Crippen LogP contribution >= 0.6 is 0 Å². The molecule has 0 saturated heterocycles. The van der Waals surface area contributed by atoms with Gasteiger partial charge in [-0.05, 0) is 57.4 Å². The summed E-state index contributed by atoms with van der Waals surface area (Å²) in [6.45, 7) is 10.0. The molecule has 0 radical (unpaired) electrons. The molecule has 0 bridgehead atoms. The first-order valence-corrected chi connectivity index (χ1v) is 10.8. The number of sulfonamides is 1. The monoisotopic (exact) mass is 414 g/mol. The summed E-state index contributed by atoms with van der Waals surface area (Å²) in [7, 11) is -3.58. The Morgan fingerprint density at radius 3 is 2.34 bits per heavy atom. The number of nitrogens with one attached hydrogen (secondary N) is 2. The second-order valence-electron chi connectivity index (χ2n) is 7.03. The molecule has 0 aliphatic heterocycles.